The average Bonchev–Trinajstić information content (AvgIpc) is 3.19. The van der Waals surface area contributed by atoms with E-state index < -0.39 is 27.4 Å². The molecule has 0 radical (unpaired) electrons. The van der Waals surface area contributed by atoms with E-state index in [0.29, 0.717) is 26.2 Å². The Kier molecular flexibility index (Phi) is 8.24. The third-order valence-electron chi connectivity index (χ3n) is 8.80. The Morgan fingerprint density at radius 2 is 1.62 bits per heavy atom. The van der Waals surface area contributed by atoms with Crippen LogP contribution in [-0.4, -0.2) is 80.9 Å². The number of anilines is 1. The predicted molar refractivity (Wildman–Crippen MR) is 155 cm³/mol. The van der Waals surface area contributed by atoms with Crippen LogP contribution in [0.15, 0.2) is 54.6 Å². The number of rotatable bonds is 10. The molecule has 0 aromatic heterocycles. The van der Waals surface area contributed by atoms with Crippen LogP contribution in [0, 0.1) is 11.8 Å². The van der Waals surface area contributed by atoms with E-state index in [-0.39, 0.29) is 24.3 Å². The van der Waals surface area contributed by atoms with Gasteiger partial charge in [-0.15, -0.1) is 11.8 Å². The number of carbonyl (C=O) groups excluding carboxylic acids is 3. The van der Waals surface area contributed by atoms with Gasteiger partial charge in [0, 0.05) is 43.2 Å². The van der Waals surface area contributed by atoms with Crippen LogP contribution in [0.1, 0.15) is 52.4 Å². The maximum absolute atomic E-state index is 14.4. The molecule has 0 bridgehead atoms. The van der Waals surface area contributed by atoms with Gasteiger partial charge in [-0.2, -0.15) is 0 Å². The van der Waals surface area contributed by atoms with E-state index in [9.17, 15) is 14.4 Å². The normalized spacial score (nSPS) is 31.8. The highest BCUT2D eigenvalue weighted by Crippen LogP contribution is 2.65. The molecule has 4 aliphatic rings. The van der Waals surface area contributed by atoms with Crippen molar-refractivity contribution in [3.63, 3.8) is 0 Å². The lowest BCUT2D eigenvalue weighted by atomic mass is 9.74. The highest BCUT2D eigenvalue weighted by atomic mass is 32.2. The SMILES string of the molecule is CCCCN1CC=C[C@]23S[C@]4(C)C=CCN(c5ccccc5)C(=O)[C@@H]4[C@H]2C(=O)N(CCCCCCO)C3C1=O. The number of aliphatic hydroxyl groups excluding tert-OH is 1. The Balaban J connectivity index is 1.54. The van der Waals surface area contributed by atoms with Crippen LogP contribution in [0.25, 0.3) is 0 Å². The van der Waals surface area contributed by atoms with Gasteiger partial charge >= 0.3 is 0 Å². The highest BCUT2D eigenvalue weighted by Gasteiger charge is 2.73. The number of hydrogen-bond donors (Lipinski definition) is 1. The Hall–Kier alpha value is -2.58. The first-order chi connectivity index (χ1) is 18.9. The van der Waals surface area contributed by atoms with Crippen LogP contribution in [0.5, 0.6) is 0 Å². The van der Waals surface area contributed by atoms with Crippen molar-refractivity contribution in [3.05, 3.63) is 54.6 Å². The summed E-state index contributed by atoms with van der Waals surface area (Å²) in [6, 6.07) is 9.03. The van der Waals surface area contributed by atoms with Gasteiger partial charge in [-0.1, -0.05) is 68.7 Å². The summed E-state index contributed by atoms with van der Waals surface area (Å²) in [6.07, 6.45) is 13.5. The van der Waals surface area contributed by atoms with Crippen LogP contribution in [0.4, 0.5) is 5.69 Å². The average molecular weight is 552 g/mol. The zero-order valence-corrected chi connectivity index (χ0v) is 23.9. The van der Waals surface area contributed by atoms with E-state index in [0.717, 1.165) is 44.2 Å². The first-order valence-electron chi connectivity index (χ1n) is 14.5. The monoisotopic (exact) mass is 551 g/mol. The zero-order valence-electron chi connectivity index (χ0n) is 23.1. The standard InChI is InChI=1S/C31H41N3O4S/c1-3-4-18-32-19-13-17-31-25(28(37)34(26(31)29(32)38)20-10-5-6-11-22-35)24-27(36)33(23-14-8-7-9-15-23)21-12-16-30(24,2)39-31/h7-9,12-17,24-26,35H,3-6,10-11,18-22H2,1-2H3/t24-,25-,26?,30+,31-/m0/s1. The van der Waals surface area contributed by atoms with Crippen molar-refractivity contribution in [1.82, 2.24) is 9.80 Å². The molecule has 5 atom stereocenters. The molecule has 1 aromatic rings. The fourth-order valence-corrected chi connectivity index (χ4v) is 9.10. The molecule has 3 amide bonds. The van der Waals surface area contributed by atoms with Gasteiger partial charge in [-0.05, 0) is 38.3 Å². The molecule has 4 heterocycles. The summed E-state index contributed by atoms with van der Waals surface area (Å²) in [4.78, 5) is 48.5. The highest BCUT2D eigenvalue weighted by molar-refractivity contribution is 8.02. The van der Waals surface area contributed by atoms with Gasteiger partial charge in [0.2, 0.25) is 17.7 Å². The van der Waals surface area contributed by atoms with Crippen molar-refractivity contribution in [2.75, 3.05) is 37.7 Å². The molecule has 7 nitrogen and oxygen atoms in total. The summed E-state index contributed by atoms with van der Waals surface area (Å²) < 4.78 is -1.39. The first kappa shape index (κ1) is 28.0. The molecule has 1 aromatic carbocycles. The van der Waals surface area contributed by atoms with Gasteiger partial charge in [0.25, 0.3) is 0 Å². The second-order valence-electron chi connectivity index (χ2n) is 11.4. The number of benzene rings is 1. The molecule has 39 heavy (non-hydrogen) atoms. The van der Waals surface area contributed by atoms with Gasteiger partial charge in [-0.3, -0.25) is 14.4 Å². The third kappa shape index (κ3) is 4.84. The quantitative estimate of drug-likeness (QED) is 0.351. The number of hydrogen-bond acceptors (Lipinski definition) is 5. The number of aliphatic hydroxyl groups is 1. The van der Waals surface area contributed by atoms with Crippen molar-refractivity contribution in [1.29, 1.82) is 0 Å². The van der Waals surface area contributed by atoms with Crippen LogP contribution in [-0.2, 0) is 14.4 Å². The number of amides is 3. The molecule has 8 heteroatoms. The molecule has 4 aliphatic heterocycles. The Morgan fingerprint density at radius 3 is 2.36 bits per heavy atom. The second kappa shape index (κ2) is 11.5. The summed E-state index contributed by atoms with van der Waals surface area (Å²) in [5.41, 5.74) is 0.823. The summed E-state index contributed by atoms with van der Waals surface area (Å²) in [5.74, 6) is -1.30. The summed E-state index contributed by atoms with van der Waals surface area (Å²) in [6.45, 7) is 6.50. The smallest absolute Gasteiger partial charge is 0.247 e. The fourth-order valence-electron chi connectivity index (χ4n) is 6.95. The number of thioether (sulfide) groups is 1. The Bertz CT molecular complexity index is 1140. The molecule has 210 valence electrons. The minimum atomic E-state index is -0.792. The van der Waals surface area contributed by atoms with Gasteiger partial charge < -0.3 is 19.8 Å². The molecule has 0 aliphatic carbocycles. The van der Waals surface area contributed by atoms with E-state index in [1.54, 1.807) is 16.7 Å². The number of nitrogens with zero attached hydrogens (tertiary/aromatic N) is 3. The molecule has 0 saturated carbocycles. The Labute approximate surface area is 236 Å². The molecule has 2 saturated heterocycles. The molecular formula is C31H41N3O4S. The van der Waals surface area contributed by atoms with Gasteiger partial charge in [0.05, 0.1) is 16.6 Å². The van der Waals surface area contributed by atoms with Crippen molar-refractivity contribution in [2.24, 2.45) is 11.8 Å². The van der Waals surface area contributed by atoms with Crippen LogP contribution in [0.3, 0.4) is 0 Å². The summed E-state index contributed by atoms with van der Waals surface area (Å²) >= 11 is 1.65. The van der Waals surface area contributed by atoms with Crippen LogP contribution < -0.4 is 4.90 Å². The maximum Gasteiger partial charge on any atom is 0.247 e. The molecule has 1 spiro atoms. The van der Waals surface area contributed by atoms with Gasteiger partial charge in [-0.25, -0.2) is 0 Å². The van der Waals surface area contributed by atoms with Crippen molar-refractivity contribution < 1.29 is 19.5 Å². The zero-order chi connectivity index (χ0) is 27.6. The number of fused-ring (bicyclic) bond motifs is 2. The summed E-state index contributed by atoms with van der Waals surface area (Å²) in [5, 5.41) is 9.17. The lowest BCUT2D eigenvalue weighted by Gasteiger charge is -2.37. The summed E-state index contributed by atoms with van der Waals surface area (Å²) in [7, 11) is 0. The van der Waals surface area contributed by atoms with Crippen molar-refractivity contribution in [3.8, 4) is 0 Å². The topological polar surface area (TPSA) is 81.2 Å². The van der Waals surface area contributed by atoms with Crippen LogP contribution >= 0.6 is 11.8 Å². The van der Waals surface area contributed by atoms with E-state index in [2.05, 4.69) is 32.1 Å². The molecule has 1 unspecified atom stereocenters. The maximum atomic E-state index is 14.4. The minimum absolute atomic E-state index is 0.00330. The number of unbranched alkanes of at least 4 members (excludes halogenated alkanes) is 4. The molecule has 5 rings (SSSR count). The number of likely N-dealkylation sites (tertiary alicyclic amines) is 1. The molecular weight excluding hydrogens is 510 g/mol. The van der Waals surface area contributed by atoms with E-state index in [1.165, 1.54) is 0 Å². The first-order valence-corrected chi connectivity index (χ1v) is 15.3. The van der Waals surface area contributed by atoms with Gasteiger partial charge in [0.1, 0.15) is 6.04 Å². The van der Waals surface area contributed by atoms with Crippen molar-refractivity contribution >= 4 is 35.2 Å². The van der Waals surface area contributed by atoms with Crippen molar-refractivity contribution in [2.45, 2.75) is 67.9 Å². The third-order valence-corrected chi connectivity index (χ3v) is 10.6. The lowest BCUT2D eigenvalue weighted by Crippen LogP contribution is -2.53. The minimum Gasteiger partial charge on any atom is -0.396 e. The predicted octanol–water partition coefficient (Wildman–Crippen LogP) is 4.03. The number of carbonyl (C=O) groups is 3. The Morgan fingerprint density at radius 1 is 0.872 bits per heavy atom. The largest absolute Gasteiger partial charge is 0.396 e. The lowest BCUT2D eigenvalue weighted by molar-refractivity contribution is -0.142. The van der Waals surface area contributed by atoms with Gasteiger partial charge in [0.15, 0.2) is 0 Å². The van der Waals surface area contributed by atoms with Crippen LogP contribution in [0.2, 0.25) is 0 Å². The molecule has 1 N–H and O–H groups in total. The van der Waals surface area contributed by atoms with E-state index in [4.69, 9.17) is 5.11 Å². The number of para-hydroxylation sites is 1. The fraction of sp³-hybridized carbons (Fsp3) is 0.581. The van der Waals surface area contributed by atoms with E-state index >= 15 is 0 Å². The second-order valence-corrected chi connectivity index (χ2v) is 13.2. The molecule has 2 fully saturated rings. The van der Waals surface area contributed by atoms with E-state index in [1.807, 2.05) is 46.2 Å².